The molecule has 5 nitrogen and oxygen atoms in total. The van der Waals surface area contributed by atoms with Crippen LogP contribution < -0.4 is 4.90 Å². The van der Waals surface area contributed by atoms with Gasteiger partial charge in [-0.05, 0) is 33.1 Å². The van der Waals surface area contributed by atoms with E-state index in [9.17, 15) is 5.11 Å². The number of aryl methyl sites for hydroxylation is 2. The lowest BCUT2D eigenvalue weighted by atomic mass is 10.2. The Morgan fingerprint density at radius 3 is 2.84 bits per heavy atom. The number of aromatic nitrogens is 3. The highest BCUT2D eigenvalue weighted by Gasteiger charge is 2.18. The van der Waals surface area contributed by atoms with E-state index in [1.807, 2.05) is 24.4 Å². The van der Waals surface area contributed by atoms with Crippen LogP contribution in [-0.4, -0.2) is 38.9 Å². The van der Waals surface area contributed by atoms with E-state index in [1.165, 1.54) is 0 Å². The molecule has 2 aromatic rings. The van der Waals surface area contributed by atoms with Gasteiger partial charge in [0.15, 0.2) is 5.65 Å². The summed E-state index contributed by atoms with van der Waals surface area (Å²) in [5.74, 6) is 1.09. The van der Waals surface area contributed by atoms with Crippen molar-refractivity contribution in [3.63, 3.8) is 0 Å². The van der Waals surface area contributed by atoms with Crippen LogP contribution in [0.1, 0.15) is 30.7 Å². The molecule has 102 valence electrons. The molecule has 0 aromatic carbocycles. The van der Waals surface area contributed by atoms with E-state index in [2.05, 4.69) is 21.0 Å². The molecule has 5 heteroatoms. The number of rotatable bonds is 1. The first kappa shape index (κ1) is 12.4. The third-order valence-corrected chi connectivity index (χ3v) is 3.68. The van der Waals surface area contributed by atoms with Gasteiger partial charge in [-0.3, -0.25) is 0 Å². The summed E-state index contributed by atoms with van der Waals surface area (Å²) < 4.78 is 1.92. The maximum absolute atomic E-state index is 9.76. The fourth-order valence-corrected chi connectivity index (χ4v) is 2.73. The van der Waals surface area contributed by atoms with Gasteiger partial charge in [-0.2, -0.15) is 9.61 Å². The first-order chi connectivity index (χ1) is 9.13. The molecule has 1 fully saturated rings. The van der Waals surface area contributed by atoms with Gasteiger partial charge < -0.3 is 10.0 Å². The number of aliphatic hydroxyl groups excluding tert-OH is 1. The van der Waals surface area contributed by atoms with Crippen LogP contribution in [0.4, 0.5) is 5.82 Å². The SMILES string of the molecule is Cc1cc(N2CCC[C@H](O)CC2)n2nc(C)cc2n1. The maximum atomic E-state index is 9.76. The van der Waals surface area contributed by atoms with Gasteiger partial charge in [0.2, 0.25) is 0 Å². The van der Waals surface area contributed by atoms with E-state index in [4.69, 9.17) is 0 Å². The Bertz CT molecular complexity index is 592. The van der Waals surface area contributed by atoms with Gasteiger partial charge in [0.1, 0.15) is 5.82 Å². The second-order valence-electron chi connectivity index (χ2n) is 5.38. The molecule has 1 aliphatic heterocycles. The summed E-state index contributed by atoms with van der Waals surface area (Å²) in [6.07, 6.45) is 2.57. The zero-order chi connectivity index (χ0) is 13.4. The van der Waals surface area contributed by atoms with Crippen molar-refractivity contribution in [1.82, 2.24) is 14.6 Å². The Morgan fingerprint density at radius 1 is 1.16 bits per heavy atom. The lowest BCUT2D eigenvalue weighted by Crippen LogP contribution is -2.27. The number of hydrogen-bond donors (Lipinski definition) is 1. The van der Waals surface area contributed by atoms with E-state index >= 15 is 0 Å². The van der Waals surface area contributed by atoms with Crippen molar-refractivity contribution in [2.75, 3.05) is 18.0 Å². The van der Waals surface area contributed by atoms with Crippen molar-refractivity contribution in [2.45, 2.75) is 39.2 Å². The summed E-state index contributed by atoms with van der Waals surface area (Å²) >= 11 is 0. The van der Waals surface area contributed by atoms with Crippen LogP contribution >= 0.6 is 0 Å². The molecule has 0 aliphatic carbocycles. The third-order valence-electron chi connectivity index (χ3n) is 3.68. The summed E-state index contributed by atoms with van der Waals surface area (Å²) in [6, 6.07) is 4.08. The second kappa shape index (κ2) is 4.81. The molecule has 2 aromatic heterocycles. The van der Waals surface area contributed by atoms with Gasteiger partial charge in [-0.25, -0.2) is 4.98 Å². The molecule has 0 amide bonds. The van der Waals surface area contributed by atoms with Gasteiger partial charge >= 0.3 is 0 Å². The molecule has 1 N–H and O–H groups in total. The van der Waals surface area contributed by atoms with Crippen molar-refractivity contribution in [3.8, 4) is 0 Å². The van der Waals surface area contributed by atoms with Gasteiger partial charge in [-0.15, -0.1) is 0 Å². The molecule has 3 heterocycles. The lowest BCUT2D eigenvalue weighted by Gasteiger charge is -2.23. The minimum Gasteiger partial charge on any atom is -0.393 e. The van der Waals surface area contributed by atoms with E-state index < -0.39 is 0 Å². The Morgan fingerprint density at radius 2 is 2.00 bits per heavy atom. The van der Waals surface area contributed by atoms with E-state index in [-0.39, 0.29) is 6.10 Å². The number of anilines is 1. The van der Waals surface area contributed by atoms with Crippen LogP contribution in [0.3, 0.4) is 0 Å². The highest BCUT2D eigenvalue weighted by Crippen LogP contribution is 2.21. The Kier molecular flexibility index (Phi) is 3.14. The maximum Gasteiger partial charge on any atom is 0.157 e. The zero-order valence-electron chi connectivity index (χ0n) is 11.5. The monoisotopic (exact) mass is 260 g/mol. The third kappa shape index (κ3) is 2.42. The Hall–Kier alpha value is -1.62. The number of hydrogen-bond acceptors (Lipinski definition) is 4. The molecule has 0 bridgehead atoms. The summed E-state index contributed by atoms with van der Waals surface area (Å²) in [4.78, 5) is 6.82. The van der Waals surface area contributed by atoms with Crippen LogP contribution in [0.5, 0.6) is 0 Å². The largest absolute Gasteiger partial charge is 0.393 e. The summed E-state index contributed by atoms with van der Waals surface area (Å²) in [5, 5.41) is 14.3. The van der Waals surface area contributed by atoms with E-state index in [1.54, 1.807) is 0 Å². The van der Waals surface area contributed by atoms with Crippen LogP contribution in [0.2, 0.25) is 0 Å². The van der Waals surface area contributed by atoms with Gasteiger partial charge in [-0.1, -0.05) is 0 Å². The Balaban J connectivity index is 2.03. The van der Waals surface area contributed by atoms with Crippen LogP contribution in [0.15, 0.2) is 12.1 Å². The van der Waals surface area contributed by atoms with Crippen LogP contribution in [-0.2, 0) is 0 Å². The Labute approximate surface area is 112 Å². The second-order valence-corrected chi connectivity index (χ2v) is 5.38. The van der Waals surface area contributed by atoms with E-state index in [0.717, 1.165) is 55.2 Å². The fraction of sp³-hybridized carbons (Fsp3) is 0.571. The van der Waals surface area contributed by atoms with Crippen molar-refractivity contribution in [1.29, 1.82) is 0 Å². The summed E-state index contributed by atoms with van der Waals surface area (Å²) in [6.45, 7) is 5.84. The van der Waals surface area contributed by atoms with Gasteiger partial charge in [0.05, 0.1) is 11.8 Å². The highest BCUT2D eigenvalue weighted by molar-refractivity contribution is 5.51. The van der Waals surface area contributed by atoms with Crippen molar-refractivity contribution in [2.24, 2.45) is 0 Å². The van der Waals surface area contributed by atoms with Gasteiger partial charge in [0, 0.05) is 30.9 Å². The average Bonchev–Trinajstić information content (AvgIpc) is 2.58. The van der Waals surface area contributed by atoms with Crippen LogP contribution in [0.25, 0.3) is 5.65 Å². The standard InChI is InChI=1S/C14H20N4O/c1-10-9-14(17-6-3-4-12(19)5-7-17)18-13(15-10)8-11(2)16-18/h8-9,12,19H,3-7H2,1-2H3/t12-/m0/s1. The van der Waals surface area contributed by atoms with Crippen LogP contribution in [0, 0.1) is 13.8 Å². The lowest BCUT2D eigenvalue weighted by molar-refractivity contribution is 0.161. The topological polar surface area (TPSA) is 53.7 Å². The first-order valence-electron chi connectivity index (χ1n) is 6.90. The first-order valence-corrected chi connectivity index (χ1v) is 6.90. The zero-order valence-corrected chi connectivity index (χ0v) is 11.5. The number of fused-ring (bicyclic) bond motifs is 1. The predicted octanol–water partition coefficient (Wildman–Crippen LogP) is 1.70. The molecule has 0 unspecified atom stereocenters. The minimum absolute atomic E-state index is 0.164. The molecule has 3 rings (SSSR count). The number of aliphatic hydroxyl groups is 1. The highest BCUT2D eigenvalue weighted by atomic mass is 16.3. The summed E-state index contributed by atoms with van der Waals surface area (Å²) in [5.41, 5.74) is 2.89. The van der Waals surface area contributed by atoms with Gasteiger partial charge in [0.25, 0.3) is 0 Å². The molecular formula is C14H20N4O. The predicted molar refractivity (Wildman–Crippen MR) is 74.5 cm³/mol. The van der Waals surface area contributed by atoms with Crippen molar-refractivity contribution >= 4 is 11.5 Å². The molecule has 1 aliphatic rings. The van der Waals surface area contributed by atoms with E-state index in [0.29, 0.717) is 0 Å². The average molecular weight is 260 g/mol. The molecular weight excluding hydrogens is 240 g/mol. The normalized spacial score (nSPS) is 20.8. The molecule has 1 atom stereocenters. The molecule has 19 heavy (non-hydrogen) atoms. The minimum atomic E-state index is -0.164. The fourth-order valence-electron chi connectivity index (χ4n) is 2.73. The quantitative estimate of drug-likeness (QED) is 0.848. The summed E-state index contributed by atoms with van der Waals surface area (Å²) in [7, 11) is 0. The molecule has 0 spiro atoms. The van der Waals surface area contributed by atoms with Crippen molar-refractivity contribution < 1.29 is 5.11 Å². The molecule has 0 radical (unpaired) electrons. The smallest absolute Gasteiger partial charge is 0.157 e. The molecule has 1 saturated heterocycles. The van der Waals surface area contributed by atoms with Crippen molar-refractivity contribution in [3.05, 3.63) is 23.5 Å². The number of nitrogens with zero attached hydrogens (tertiary/aromatic N) is 4. The molecule has 0 saturated carbocycles.